The van der Waals surface area contributed by atoms with Crippen molar-refractivity contribution in [2.45, 2.75) is 6.92 Å². The molecule has 1 amide bonds. The normalized spacial score (nSPS) is 10.7. The summed E-state index contributed by atoms with van der Waals surface area (Å²) in [5.74, 6) is 0.328. The van der Waals surface area contributed by atoms with Gasteiger partial charge in [-0.05, 0) is 61.0 Å². The molecule has 23 heavy (non-hydrogen) atoms. The molecular formula is C17H15N3O3. The first kappa shape index (κ1) is 16.0. The number of phenolic OH excluding ortho intramolecular Hbond substituents is 1. The van der Waals surface area contributed by atoms with Gasteiger partial charge in [-0.2, -0.15) is 10.4 Å². The standard InChI is InChI=1S/C17H15N3O3/c1-12(13-4-8-16(9-5-13)23-11-10-18)19-20-17(22)14-2-6-15(21)7-3-14/h2-9,21H,11H2,1H3,(H,20,22)/b19-12-. The quantitative estimate of drug-likeness (QED) is 0.655. The molecule has 0 bridgehead atoms. The molecule has 0 aliphatic carbocycles. The molecule has 0 aromatic heterocycles. The Morgan fingerprint density at radius 2 is 1.78 bits per heavy atom. The van der Waals surface area contributed by atoms with Gasteiger partial charge in [0, 0.05) is 5.56 Å². The van der Waals surface area contributed by atoms with E-state index in [4.69, 9.17) is 10.00 Å². The van der Waals surface area contributed by atoms with Gasteiger partial charge in [0.25, 0.3) is 5.91 Å². The van der Waals surface area contributed by atoms with E-state index in [1.54, 1.807) is 31.2 Å². The highest BCUT2D eigenvalue weighted by Crippen LogP contribution is 2.13. The van der Waals surface area contributed by atoms with Crippen molar-refractivity contribution in [1.82, 2.24) is 5.43 Å². The minimum Gasteiger partial charge on any atom is -0.508 e. The maximum atomic E-state index is 11.9. The zero-order valence-electron chi connectivity index (χ0n) is 12.5. The molecule has 0 radical (unpaired) electrons. The predicted octanol–water partition coefficient (Wildman–Crippen LogP) is 2.45. The molecule has 0 aliphatic heterocycles. The van der Waals surface area contributed by atoms with Gasteiger partial charge in [-0.1, -0.05) is 0 Å². The van der Waals surface area contributed by atoms with E-state index >= 15 is 0 Å². The fourth-order valence-electron chi connectivity index (χ4n) is 1.78. The molecule has 0 saturated heterocycles. The van der Waals surface area contributed by atoms with Crippen LogP contribution in [0.4, 0.5) is 0 Å². The van der Waals surface area contributed by atoms with Crippen molar-refractivity contribution in [3.05, 3.63) is 59.7 Å². The van der Waals surface area contributed by atoms with Crippen LogP contribution in [0.3, 0.4) is 0 Å². The molecule has 0 unspecified atom stereocenters. The molecule has 0 spiro atoms. The van der Waals surface area contributed by atoms with Crippen LogP contribution >= 0.6 is 0 Å². The van der Waals surface area contributed by atoms with Gasteiger partial charge in [-0.15, -0.1) is 0 Å². The summed E-state index contributed by atoms with van der Waals surface area (Å²) in [6.45, 7) is 1.76. The number of amides is 1. The predicted molar refractivity (Wildman–Crippen MR) is 85.3 cm³/mol. The Kier molecular flexibility index (Phi) is 5.31. The van der Waals surface area contributed by atoms with E-state index in [2.05, 4.69) is 10.5 Å². The lowest BCUT2D eigenvalue weighted by Crippen LogP contribution is -2.19. The third-order valence-electron chi connectivity index (χ3n) is 3.03. The topological polar surface area (TPSA) is 94.7 Å². The minimum atomic E-state index is -0.363. The Morgan fingerprint density at radius 1 is 1.17 bits per heavy atom. The monoisotopic (exact) mass is 309 g/mol. The maximum absolute atomic E-state index is 11.9. The van der Waals surface area contributed by atoms with E-state index in [-0.39, 0.29) is 18.3 Å². The lowest BCUT2D eigenvalue weighted by Gasteiger charge is -2.05. The first-order chi connectivity index (χ1) is 11.1. The number of hydrogen-bond donors (Lipinski definition) is 2. The van der Waals surface area contributed by atoms with Gasteiger partial charge in [0.1, 0.15) is 17.6 Å². The van der Waals surface area contributed by atoms with Crippen LogP contribution in [-0.4, -0.2) is 23.3 Å². The molecule has 116 valence electrons. The lowest BCUT2D eigenvalue weighted by atomic mass is 10.1. The fourth-order valence-corrected chi connectivity index (χ4v) is 1.78. The number of nitrogens with one attached hydrogen (secondary N) is 1. The lowest BCUT2D eigenvalue weighted by molar-refractivity contribution is 0.0955. The van der Waals surface area contributed by atoms with Crippen molar-refractivity contribution in [3.63, 3.8) is 0 Å². The summed E-state index contributed by atoms with van der Waals surface area (Å²) in [5.41, 5.74) is 4.31. The zero-order chi connectivity index (χ0) is 16.7. The number of hydrazone groups is 1. The van der Waals surface area contributed by atoms with Crippen LogP contribution in [0.25, 0.3) is 0 Å². The number of nitriles is 1. The number of aromatic hydroxyl groups is 1. The van der Waals surface area contributed by atoms with Crippen molar-refractivity contribution in [2.75, 3.05) is 6.61 Å². The van der Waals surface area contributed by atoms with Crippen molar-refractivity contribution < 1.29 is 14.6 Å². The van der Waals surface area contributed by atoms with Crippen LogP contribution < -0.4 is 10.2 Å². The largest absolute Gasteiger partial charge is 0.508 e. The van der Waals surface area contributed by atoms with Gasteiger partial charge in [0.2, 0.25) is 0 Å². The van der Waals surface area contributed by atoms with Crippen molar-refractivity contribution in [1.29, 1.82) is 5.26 Å². The minimum absolute atomic E-state index is 0.00486. The molecule has 2 aromatic rings. The molecule has 0 heterocycles. The number of ether oxygens (including phenoxy) is 1. The van der Waals surface area contributed by atoms with Crippen molar-refractivity contribution in [2.24, 2.45) is 5.10 Å². The highest BCUT2D eigenvalue weighted by Gasteiger charge is 2.05. The summed E-state index contributed by atoms with van der Waals surface area (Å²) in [6, 6.07) is 14.8. The smallest absolute Gasteiger partial charge is 0.271 e. The first-order valence-electron chi connectivity index (χ1n) is 6.84. The van der Waals surface area contributed by atoms with Crippen LogP contribution in [0.1, 0.15) is 22.8 Å². The number of hydrogen-bond acceptors (Lipinski definition) is 5. The molecular weight excluding hydrogens is 294 g/mol. The summed E-state index contributed by atoms with van der Waals surface area (Å²) in [4.78, 5) is 11.9. The Balaban J connectivity index is 2.00. The third-order valence-corrected chi connectivity index (χ3v) is 3.03. The highest BCUT2D eigenvalue weighted by molar-refractivity contribution is 6.00. The molecule has 2 rings (SSSR count). The Labute approximate surface area is 133 Å². The SMILES string of the molecule is C/C(=N/NC(=O)c1ccc(O)cc1)c1ccc(OCC#N)cc1. The van der Waals surface area contributed by atoms with Crippen LogP contribution in [0.2, 0.25) is 0 Å². The van der Waals surface area contributed by atoms with E-state index in [0.29, 0.717) is 17.0 Å². The van der Waals surface area contributed by atoms with Crippen LogP contribution in [0, 0.1) is 11.3 Å². The summed E-state index contributed by atoms with van der Waals surface area (Å²) in [7, 11) is 0. The average Bonchev–Trinajstić information content (AvgIpc) is 2.58. The molecule has 0 fully saturated rings. The van der Waals surface area contributed by atoms with Crippen molar-refractivity contribution in [3.8, 4) is 17.6 Å². The number of phenols is 1. The van der Waals surface area contributed by atoms with Crippen molar-refractivity contribution >= 4 is 11.6 Å². The number of carbonyl (C=O) groups is 1. The number of rotatable bonds is 5. The summed E-state index contributed by atoms with van der Waals surface area (Å²) < 4.78 is 5.16. The summed E-state index contributed by atoms with van der Waals surface area (Å²) in [5, 5.41) is 21.7. The van der Waals surface area contributed by atoms with Gasteiger partial charge < -0.3 is 9.84 Å². The first-order valence-corrected chi connectivity index (χ1v) is 6.84. The number of nitrogens with zero attached hydrogens (tertiary/aromatic N) is 2. The number of carbonyl (C=O) groups excluding carboxylic acids is 1. The summed E-state index contributed by atoms with van der Waals surface area (Å²) >= 11 is 0. The van der Waals surface area contributed by atoms with Gasteiger partial charge in [-0.3, -0.25) is 4.79 Å². The van der Waals surface area contributed by atoms with E-state index in [0.717, 1.165) is 5.56 Å². The van der Waals surface area contributed by atoms with E-state index < -0.39 is 0 Å². The molecule has 2 N–H and O–H groups in total. The third kappa shape index (κ3) is 4.58. The highest BCUT2D eigenvalue weighted by atomic mass is 16.5. The Hall–Kier alpha value is -3.33. The molecule has 0 atom stereocenters. The second-order valence-corrected chi connectivity index (χ2v) is 4.66. The van der Waals surface area contributed by atoms with E-state index in [1.165, 1.54) is 24.3 Å². The van der Waals surface area contributed by atoms with Crippen LogP contribution in [-0.2, 0) is 0 Å². The molecule has 6 nitrogen and oxygen atoms in total. The second-order valence-electron chi connectivity index (χ2n) is 4.66. The number of benzene rings is 2. The van der Waals surface area contributed by atoms with Gasteiger partial charge >= 0.3 is 0 Å². The van der Waals surface area contributed by atoms with E-state index in [9.17, 15) is 9.90 Å². The maximum Gasteiger partial charge on any atom is 0.271 e. The molecule has 6 heteroatoms. The van der Waals surface area contributed by atoms with Crippen LogP contribution in [0.5, 0.6) is 11.5 Å². The van der Waals surface area contributed by atoms with E-state index in [1.807, 2.05) is 6.07 Å². The summed E-state index contributed by atoms with van der Waals surface area (Å²) in [6.07, 6.45) is 0. The fraction of sp³-hybridized carbons (Fsp3) is 0.118. The molecule has 0 aliphatic rings. The Bertz CT molecular complexity index is 744. The van der Waals surface area contributed by atoms with Gasteiger partial charge in [-0.25, -0.2) is 5.43 Å². The van der Waals surface area contributed by atoms with Gasteiger partial charge in [0.05, 0.1) is 5.71 Å². The molecule has 2 aromatic carbocycles. The average molecular weight is 309 g/mol. The second kappa shape index (κ2) is 7.61. The zero-order valence-corrected chi connectivity index (χ0v) is 12.5. The van der Waals surface area contributed by atoms with Crippen LogP contribution in [0.15, 0.2) is 53.6 Å². The Morgan fingerprint density at radius 3 is 2.39 bits per heavy atom. The molecule has 0 saturated carbocycles. The van der Waals surface area contributed by atoms with Gasteiger partial charge in [0.15, 0.2) is 6.61 Å².